The number of urea groups is 1. The number of piperidine rings is 1. The van der Waals surface area contributed by atoms with E-state index in [1.807, 2.05) is 0 Å². The van der Waals surface area contributed by atoms with Crippen LogP contribution in [0.5, 0.6) is 5.88 Å². The van der Waals surface area contributed by atoms with Crippen LogP contribution in [0.2, 0.25) is 0 Å². The summed E-state index contributed by atoms with van der Waals surface area (Å²) in [5, 5.41) is 2.79. The molecule has 3 amide bonds. The average molecular weight is 655 g/mol. The fourth-order valence-corrected chi connectivity index (χ4v) is 8.03. The molecule has 0 bridgehead atoms. The van der Waals surface area contributed by atoms with Crippen LogP contribution in [0.25, 0.3) is 0 Å². The van der Waals surface area contributed by atoms with Crippen molar-refractivity contribution in [2.45, 2.75) is 36.2 Å². The molecule has 3 aromatic rings. The van der Waals surface area contributed by atoms with E-state index in [9.17, 15) is 22.4 Å². The van der Waals surface area contributed by atoms with Crippen LogP contribution in [-0.2, 0) is 20.4 Å². The lowest BCUT2D eigenvalue weighted by Gasteiger charge is -2.42. The lowest BCUT2D eigenvalue weighted by atomic mass is 9.84. The second kappa shape index (κ2) is 12.6. The van der Waals surface area contributed by atoms with Crippen molar-refractivity contribution in [3.63, 3.8) is 0 Å². The van der Waals surface area contributed by atoms with Crippen molar-refractivity contribution in [3.8, 4) is 5.88 Å². The Morgan fingerprint density at radius 3 is 2.33 bits per heavy atom. The first-order chi connectivity index (χ1) is 22.1. The van der Waals surface area contributed by atoms with E-state index in [0.717, 1.165) is 32.2 Å². The van der Waals surface area contributed by atoms with Gasteiger partial charge in [-0.25, -0.2) is 27.0 Å². The molecule has 0 radical (unpaired) electrons. The van der Waals surface area contributed by atoms with Crippen LogP contribution in [0.3, 0.4) is 0 Å². The van der Waals surface area contributed by atoms with Crippen LogP contribution in [0.4, 0.5) is 19.3 Å². The smallest absolute Gasteiger partial charge is 0.318 e. The van der Waals surface area contributed by atoms with Crippen molar-refractivity contribution >= 4 is 27.6 Å². The molecule has 244 valence electrons. The SMILES string of the molecule is CCOc1ncccc1C1(NC(=O)N2CCC(N3CCN(C)CC3)CC2)C(=O)N(S(=O)(=O)c2ccccc2)c2cc(F)c(F)cc21. The van der Waals surface area contributed by atoms with E-state index >= 15 is 4.39 Å². The van der Waals surface area contributed by atoms with Gasteiger partial charge in [-0.1, -0.05) is 18.2 Å². The summed E-state index contributed by atoms with van der Waals surface area (Å²) in [5.74, 6) is -3.89. The molecular weight excluding hydrogens is 618 g/mol. The molecule has 3 aliphatic rings. The second-order valence-electron chi connectivity index (χ2n) is 11.7. The molecule has 3 aliphatic heterocycles. The molecule has 1 unspecified atom stereocenters. The number of hydrogen-bond donors (Lipinski definition) is 1. The molecular formula is C32H36F2N6O5S. The first-order valence-electron chi connectivity index (χ1n) is 15.3. The standard InChI is InChI=1S/C32H36F2N6O5S/c1-3-45-29-24(10-7-13-35-29)32(36-31(42)39-14-11-22(12-15-39)38-18-16-37(2)17-19-38)25-20-26(33)27(34)21-28(25)40(30(32)41)46(43,44)23-8-5-4-6-9-23/h4-10,13,20-22H,3,11-12,14-19H2,1-2H3,(H,36,42). The van der Waals surface area contributed by atoms with E-state index in [0.29, 0.717) is 42.3 Å². The summed E-state index contributed by atoms with van der Waals surface area (Å²) in [6.07, 6.45) is 2.83. The molecule has 11 nitrogen and oxygen atoms in total. The van der Waals surface area contributed by atoms with Gasteiger partial charge >= 0.3 is 6.03 Å². The lowest BCUT2D eigenvalue weighted by Crippen LogP contribution is -2.59. The van der Waals surface area contributed by atoms with E-state index < -0.39 is 44.8 Å². The Hall–Kier alpha value is -4.14. The zero-order valence-electron chi connectivity index (χ0n) is 25.7. The number of fused-ring (bicyclic) bond motifs is 1. The fourth-order valence-electron chi connectivity index (χ4n) is 6.56. The maximum absolute atomic E-state index is 15.1. The number of ether oxygens (including phenoxy) is 1. The molecule has 1 aromatic heterocycles. The highest BCUT2D eigenvalue weighted by Crippen LogP contribution is 2.49. The number of amides is 3. The van der Waals surface area contributed by atoms with Crippen molar-refractivity contribution in [1.29, 1.82) is 0 Å². The third-order valence-corrected chi connectivity index (χ3v) is 10.7. The van der Waals surface area contributed by atoms with Crippen molar-refractivity contribution in [3.05, 3.63) is 83.6 Å². The highest BCUT2D eigenvalue weighted by atomic mass is 32.2. The predicted octanol–water partition coefficient (Wildman–Crippen LogP) is 3.16. The molecule has 6 rings (SSSR count). The number of nitrogens with zero attached hydrogens (tertiary/aromatic N) is 5. The van der Waals surface area contributed by atoms with Crippen LogP contribution in [0.1, 0.15) is 30.9 Å². The zero-order chi connectivity index (χ0) is 32.6. The minimum Gasteiger partial charge on any atom is -0.478 e. The molecule has 14 heteroatoms. The number of halogens is 2. The van der Waals surface area contributed by atoms with Gasteiger partial charge in [0.2, 0.25) is 5.88 Å². The molecule has 0 saturated carbocycles. The van der Waals surface area contributed by atoms with E-state index in [-0.39, 0.29) is 28.5 Å². The fraction of sp³-hybridized carbons (Fsp3) is 0.406. The van der Waals surface area contributed by atoms with Gasteiger partial charge in [-0.2, -0.15) is 4.31 Å². The number of pyridine rings is 1. The summed E-state index contributed by atoms with van der Waals surface area (Å²) >= 11 is 0. The van der Waals surface area contributed by atoms with Crippen LogP contribution in [0, 0.1) is 11.6 Å². The number of piperazine rings is 1. The Morgan fingerprint density at radius 2 is 1.65 bits per heavy atom. The van der Waals surface area contributed by atoms with Gasteiger partial charge in [-0.15, -0.1) is 0 Å². The minimum atomic E-state index is -4.66. The minimum absolute atomic E-state index is 0.0134. The monoisotopic (exact) mass is 654 g/mol. The Balaban J connectivity index is 1.43. The number of aromatic nitrogens is 1. The molecule has 1 N–H and O–H groups in total. The number of benzene rings is 2. The van der Waals surface area contributed by atoms with Crippen LogP contribution in [-0.4, -0.2) is 99.0 Å². The van der Waals surface area contributed by atoms with Crippen LogP contribution >= 0.6 is 0 Å². The highest BCUT2D eigenvalue weighted by molar-refractivity contribution is 7.93. The van der Waals surface area contributed by atoms with Crippen LogP contribution < -0.4 is 14.4 Å². The number of anilines is 1. The van der Waals surface area contributed by atoms with Crippen molar-refractivity contribution in [1.82, 2.24) is 25.0 Å². The van der Waals surface area contributed by atoms with Gasteiger partial charge in [0.25, 0.3) is 15.9 Å². The number of nitrogens with one attached hydrogen (secondary N) is 1. The maximum atomic E-state index is 15.1. The zero-order valence-corrected chi connectivity index (χ0v) is 26.5. The van der Waals surface area contributed by atoms with Gasteiger partial charge in [0, 0.05) is 63.1 Å². The normalized spacial score (nSPS) is 21.3. The average Bonchev–Trinajstić information content (AvgIpc) is 3.29. The van der Waals surface area contributed by atoms with E-state index in [1.165, 1.54) is 42.6 Å². The van der Waals surface area contributed by atoms with Gasteiger partial charge in [-0.3, -0.25) is 9.69 Å². The van der Waals surface area contributed by atoms with Gasteiger partial charge in [0.05, 0.1) is 22.8 Å². The molecule has 0 spiro atoms. The summed E-state index contributed by atoms with van der Waals surface area (Å²) in [4.78, 5) is 39.1. The summed E-state index contributed by atoms with van der Waals surface area (Å²) in [5.41, 5.74) is -3.02. The summed E-state index contributed by atoms with van der Waals surface area (Å²) in [7, 11) is -2.57. The topological polar surface area (TPSA) is 115 Å². The molecule has 4 heterocycles. The summed E-state index contributed by atoms with van der Waals surface area (Å²) in [6, 6.07) is 11.2. The van der Waals surface area contributed by atoms with Gasteiger partial charge in [0.15, 0.2) is 17.2 Å². The van der Waals surface area contributed by atoms with Crippen LogP contribution in [0.15, 0.2) is 65.7 Å². The number of carbonyl (C=O) groups is 2. The summed E-state index contributed by atoms with van der Waals surface area (Å²) in [6.45, 7) is 6.41. The molecule has 46 heavy (non-hydrogen) atoms. The first-order valence-corrected chi connectivity index (χ1v) is 16.7. The second-order valence-corrected chi connectivity index (χ2v) is 13.5. The number of sulfonamides is 1. The van der Waals surface area contributed by atoms with E-state index in [1.54, 1.807) is 17.9 Å². The third-order valence-electron chi connectivity index (χ3n) is 9.00. The lowest BCUT2D eigenvalue weighted by molar-refractivity contribution is -0.121. The maximum Gasteiger partial charge on any atom is 0.318 e. The number of hydrogen-bond acceptors (Lipinski definition) is 8. The molecule has 2 saturated heterocycles. The summed E-state index contributed by atoms with van der Waals surface area (Å²) < 4.78 is 64.1. The molecule has 2 fully saturated rings. The van der Waals surface area contributed by atoms with Gasteiger partial charge in [0.1, 0.15) is 0 Å². The number of likely N-dealkylation sites (tertiary alicyclic amines) is 1. The van der Waals surface area contributed by atoms with E-state index in [4.69, 9.17) is 4.74 Å². The Morgan fingerprint density at radius 1 is 0.978 bits per heavy atom. The van der Waals surface area contributed by atoms with Crippen molar-refractivity contribution < 1.29 is 31.5 Å². The molecule has 2 aromatic carbocycles. The third kappa shape index (κ3) is 5.47. The number of likely N-dealkylation sites (N-methyl/N-ethyl adjacent to an activating group) is 1. The number of carbonyl (C=O) groups excluding carboxylic acids is 2. The Bertz CT molecular complexity index is 1730. The van der Waals surface area contributed by atoms with Gasteiger partial charge in [-0.05, 0) is 57.1 Å². The Labute approximate surface area is 266 Å². The van der Waals surface area contributed by atoms with Gasteiger partial charge < -0.3 is 19.9 Å². The predicted molar refractivity (Wildman–Crippen MR) is 166 cm³/mol. The largest absolute Gasteiger partial charge is 0.478 e. The quantitative estimate of drug-likeness (QED) is 0.414. The molecule has 1 atom stereocenters. The molecule has 0 aliphatic carbocycles. The van der Waals surface area contributed by atoms with Crippen molar-refractivity contribution in [2.24, 2.45) is 0 Å². The highest BCUT2D eigenvalue weighted by Gasteiger charge is 2.59. The number of rotatable bonds is 7. The first kappa shape index (κ1) is 31.8. The van der Waals surface area contributed by atoms with Crippen molar-refractivity contribution in [2.75, 3.05) is 57.2 Å². The van der Waals surface area contributed by atoms with E-state index in [2.05, 4.69) is 27.1 Å². The Kier molecular flexibility index (Phi) is 8.70.